The molecule has 1 aromatic carbocycles. The molecule has 20 heavy (non-hydrogen) atoms. The zero-order valence-corrected chi connectivity index (χ0v) is 12.4. The summed E-state index contributed by atoms with van der Waals surface area (Å²) in [5.41, 5.74) is 0.351. The van der Waals surface area contributed by atoms with Gasteiger partial charge in [0.2, 0.25) is 10.0 Å². The molecule has 0 amide bonds. The topological polar surface area (TPSA) is 104 Å². The average molecular weight is 301 g/mol. The second-order valence-corrected chi connectivity index (χ2v) is 6.62. The Labute approximate surface area is 118 Å². The van der Waals surface area contributed by atoms with E-state index in [0.717, 1.165) is 6.07 Å². The van der Waals surface area contributed by atoms with Crippen LogP contribution in [0.15, 0.2) is 23.1 Å². The third-order valence-electron chi connectivity index (χ3n) is 3.03. The fourth-order valence-corrected chi connectivity index (χ4v) is 3.32. The average Bonchev–Trinajstić information content (AvgIpc) is 2.35. The third-order valence-corrected chi connectivity index (χ3v) is 4.66. The molecule has 1 aromatic rings. The summed E-state index contributed by atoms with van der Waals surface area (Å²) in [7, 11) is -3.88. The smallest absolute Gasteiger partial charge is 0.335 e. The van der Waals surface area contributed by atoms with Gasteiger partial charge < -0.3 is 10.2 Å². The Morgan fingerprint density at radius 1 is 1.35 bits per heavy atom. The van der Waals surface area contributed by atoms with Crippen LogP contribution in [-0.4, -0.2) is 37.2 Å². The Kier molecular flexibility index (Phi) is 5.27. The molecular formula is C13H19NO5S. The van der Waals surface area contributed by atoms with Crippen molar-refractivity contribution < 1.29 is 23.4 Å². The van der Waals surface area contributed by atoms with E-state index >= 15 is 0 Å². The second kappa shape index (κ2) is 6.34. The number of aryl methyl sites for hydroxylation is 1. The van der Waals surface area contributed by atoms with Crippen LogP contribution in [0.4, 0.5) is 0 Å². The van der Waals surface area contributed by atoms with Gasteiger partial charge in [-0.05, 0) is 30.5 Å². The van der Waals surface area contributed by atoms with Crippen molar-refractivity contribution in [3.63, 3.8) is 0 Å². The van der Waals surface area contributed by atoms with Gasteiger partial charge in [-0.3, -0.25) is 0 Å². The molecule has 0 saturated heterocycles. The number of carboxylic acid groups (broad SMARTS) is 1. The van der Waals surface area contributed by atoms with E-state index in [2.05, 4.69) is 4.72 Å². The lowest BCUT2D eigenvalue weighted by Gasteiger charge is -2.20. The summed E-state index contributed by atoms with van der Waals surface area (Å²) in [6, 6.07) is 3.30. The third kappa shape index (κ3) is 3.78. The number of rotatable bonds is 6. The second-order valence-electron chi connectivity index (χ2n) is 4.94. The van der Waals surface area contributed by atoms with Gasteiger partial charge in [0.25, 0.3) is 0 Å². The highest BCUT2D eigenvalue weighted by Gasteiger charge is 2.24. The van der Waals surface area contributed by atoms with Gasteiger partial charge >= 0.3 is 5.97 Å². The lowest BCUT2D eigenvalue weighted by Crippen LogP contribution is -2.41. The fraction of sp³-hybridized carbons (Fsp3) is 0.462. The number of hydrogen-bond acceptors (Lipinski definition) is 4. The van der Waals surface area contributed by atoms with E-state index in [-0.39, 0.29) is 23.0 Å². The van der Waals surface area contributed by atoms with Crippen molar-refractivity contribution >= 4 is 16.0 Å². The molecule has 0 heterocycles. The van der Waals surface area contributed by atoms with Crippen molar-refractivity contribution in [1.82, 2.24) is 4.72 Å². The molecule has 0 aliphatic rings. The van der Waals surface area contributed by atoms with Crippen LogP contribution in [0.25, 0.3) is 0 Å². The van der Waals surface area contributed by atoms with Crippen molar-refractivity contribution in [1.29, 1.82) is 0 Å². The van der Waals surface area contributed by atoms with E-state index in [1.54, 1.807) is 20.8 Å². The van der Waals surface area contributed by atoms with E-state index in [9.17, 15) is 18.3 Å². The summed E-state index contributed by atoms with van der Waals surface area (Å²) in [4.78, 5) is 10.8. The van der Waals surface area contributed by atoms with Crippen molar-refractivity contribution in [3.05, 3.63) is 29.3 Å². The van der Waals surface area contributed by atoms with Crippen LogP contribution in [0, 0.1) is 12.8 Å². The maximum atomic E-state index is 12.3. The first-order valence-electron chi connectivity index (χ1n) is 6.16. The summed E-state index contributed by atoms with van der Waals surface area (Å²) in [6.45, 7) is 4.83. The first-order valence-corrected chi connectivity index (χ1v) is 7.64. The molecule has 0 radical (unpaired) electrons. The monoisotopic (exact) mass is 301 g/mol. The van der Waals surface area contributed by atoms with E-state index < -0.39 is 22.0 Å². The number of aliphatic hydroxyl groups excluding tert-OH is 1. The Hall–Kier alpha value is -1.44. The molecule has 0 saturated carbocycles. The van der Waals surface area contributed by atoms with Gasteiger partial charge in [0.1, 0.15) is 0 Å². The number of benzene rings is 1. The quantitative estimate of drug-likeness (QED) is 0.727. The van der Waals surface area contributed by atoms with Gasteiger partial charge in [0.05, 0.1) is 17.1 Å². The van der Waals surface area contributed by atoms with Gasteiger partial charge in [-0.1, -0.05) is 19.9 Å². The van der Waals surface area contributed by atoms with Gasteiger partial charge in [0.15, 0.2) is 0 Å². The number of sulfonamides is 1. The SMILES string of the molecule is Cc1ccc(C(=O)O)cc1S(=O)(=O)N[C@H](CO)C(C)C. The summed E-state index contributed by atoms with van der Waals surface area (Å²) < 4.78 is 27.0. The Bertz CT molecular complexity index is 595. The molecule has 1 atom stereocenters. The number of carboxylic acids is 1. The first kappa shape index (κ1) is 16.6. The van der Waals surface area contributed by atoms with Crippen LogP contribution in [0.2, 0.25) is 0 Å². The predicted molar refractivity (Wildman–Crippen MR) is 74.2 cm³/mol. The molecule has 6 nitrogen and oxygen atoms in total. The zero-order chi connectivity index (χ0) is 15.5. The molecule has 3 N–H and O–H groups in total. The largest absolute Gasteiger partial charge is 0.478 e. The molecular weight excluding hydrogens is 282 g/mol. The summed E-state index contributed by atoms with van der Waals surface area (Å²) in [6.07, 6.45) is 0. The fourth-order valence-electron chi connectivity index (χ4n) is 1.67. The molecule has 0 spiro atoms. The Balaban J connectivity index is 3.21. The predicted octanol–water partition coefficient (Wildman–Crippen LogP) is 0.988. The number of carbonyl (C=O) groups is 1. The molecule has 0 fully saturated rings. The van der Waals surface area contributed by atoms with E-state index in [0.29, 0.717) is 5.56 Å². The summed E-state index contributed by atoms with van der Waals surface area (Å²) in [5.74, 6) is -1.28. The standard InChI is InChI=1S/C13H19NO5S/c1-8(2)11(7-15)14-20(18,19)12-6-10(13(16)17)5-4-9(12)3/h4-6,8,11,14-15H,7H2,1-3H3,(H,16,17)/t11-/m1/s1. The zero-order valence-electron chi connectivity index (χ0n) is 11.6. The van der Waals surface area contributed by atoms with Crippen LogP contribution in [0.1, 0.15) is 29.8 Å². The Morgan fingerprint density at radius 2 is 1.95 bits per heavy atom. The number of aliphatic hydroxyl groups is 1. The number of aromatic carboxylic acids is 1. The highest BCUT2D eigenvalue weighted by atomic mass is 32.2. The number of hydrogen-bond donors (Lipinski definition) is 3. The van der Waals surface area contributed by atoms with Crippen LogP contribution in [0.5, 0.6) is 0 Å². The van der Waals surface area contributed by atoms with E-state index in [1.165, 1.54) is 12.1 Å². The van der Waals surface area contributed by atoms with E-state index in [4.69, 9.17) is 5.11 Å². The van der Waals surface area contributed by atoms with Crippen molar-refractivity contribution in [2.24, 2.45) is 5.92 Å². The molecule has 1 rings (SSSR count). The highest BCUT2D eigenvalue weighted by molar-refractivity contribution is 7.89. The van der Waals surface area contributed by atoms with Crippen LogP contribution in [0.3, 0.4) is 0 Å². The van der Waals surface area contributed by atoms with Crippen LogP contribution >= 0.6 is 0 Å². The molecule has 0 bridgehead atoms. The number of nitrogens with one attached hydrogen (secondary N) is 1. The maximum absolute atomic E-state index is 12.3. The van der Waals surface area contributed by atoms with Gasteiger partial charge in [-0.15, -0.1) is 0 Å². The van der Waals surface area contributed by atoms with Crippen molar-refractivity contribution in [2.75, 3.05) is 6.61 Å². The van der Waals surface area contributed by atoms with Gasteiger partial charge in [0, 0.05) is 6.04 Å². The molecule has 0 aromatic heterocycles. The van der Waals surface area contributed by atoms with Crippen LogP contribution < -0.4 is 4.72 Å². The van der Waals surface area contributed by atoms with Crippen molar-refractivity contribution in [2.45, 2.75) is 31.7 Å². The van der Waals surface area contributed by atoms with Gasteiger partial charge in [-0.2, -0.15) is 0 Å². The summed E-state index contributed by atoms with van der Waals surface area (Å²) >= 11 is 0. The lowest BCUT2D eigenvalue weighted by molar-refractivity contribution is 0.0696. The van der Waals surface area contributed by atoms with E-state index in [1.807, 2.05) is 0 Å². The van der Waals surface area contributed by atoms with Crippen molar-refractivity contribution in [3.8, 4) is 0 Å². The van der Waals surface area contributed by atoms with Gasteiger partial charge in [-0.25, -0.2) is 17.9 Å². The lowest BCUT2D eigenvalue weighted by atomic mass is 10.1. The molecule has 0 unspecified atom stereocenters. The highest BCUT2D eigenvalue weighted by Crippen LogP contribution is 2.18. The molecule has 112 valence electrons. The molecule has 0 aliphatic carbocycles. The summed E-state index contributed by atoms with van der Waals surface area (Å²) in [5, 5.41) is 18.1. The minimum absolute atomic E-state index is 0.0854. The maximum Gasteiger partial charge on any atom is 0.335 e. The Morgan fingerprint density at radius 3 is 2.40 bits per heavy atom. The molecule has 7 heteroatoms. The minimum atomic E-state index is -3.88. The van der Waals surface area contributed by atoms with Crippen LogP contribution in [-0.2, 0) is 10.0 Å². The first-order chi connectivity index (χ1) is 9.19. The minimum Gasteiger partial charge on any atom is -0.478 e. The normalized spacial score (nSPS) is 13.4. The molecule has 0 aliphatic heterocycles.